The SMILES string of the molecule is COc1ccc2c(c1)[C@]13CCN(CC4CC4)[C@H](C2=O)[C@]1(O)CC[C@@]1(C3)NC(=O)CC1=O. The molecule has 1 aromatic rings. The van der Waals surface area contributed by atoms with Crippen LogP contribution in [0.15, 0.2) is 18.2 Å². The van der Waals surface area contributed by atoms with Crippen LogP contribution in [0, 0.1) is 5.92 Å². The van der Waals surface area contributed by atoms with Crippen LogP contribution in [0.1, 0.15) is 60.9 Å². The molecule has 0 unspecified atom stereocenters. The van der Waals surface area contributed by atoms with Gasteiger partial charge in [0.15, 0.2) is 11.6 Å². The Hall–Kier alpha value is -2.25. The van der Waals surface area contributed by atoms with Crippen molar-refractivity contribution in [3.8, 4) is 5.75 Å². The molecule has 1 aromatic carbocycles. The lowest BCUT2D eigenvalue weighted by atomic mass is 9.46. The smallest absolute Gasteiger partial charge is 0.228 e. The van der Waals surface area contributed by atoms with Gasteiger partial charge in [0.25, 0.3) is 0 Å². The predicted molar refractivity (Wildman–Crippen MR) is 111 cm³/mol. The summed E-state index contributed by atoms with van der Waals surface area (Å²) in [6, 6.07) is 4.86. The van der Waals surface area contributed by atoms with Crippen LogP contribution < -0.4 is 10.1 Å². The van der Waals surface area contributed by atoms with Crippen LogP contribution in [0.2, 0.25) is 0 Å². The average Bonchev–Trinajstić information content (AvgIpc) is 3.51. The summed E-state index contributed by atoms with van der Waals surface area (Å²) in [5.74, 6) is 0.865. The van der Waals surface area contributed by atoms with E-state index in [1.807, 2.05) is 12.1 Å². The molecule has 31 heavy (non-hydrogen) atoms. The van der Waals surface area contributed by atoms with Gasteiger partial charge in [-0.15, -0.1) is 0 Å². The third kappa shape index (κ3) is 2.44. The molecule has 2 saturated carbocycles. The molecule has 2 heterocycles. The molecule has 1 spiro atoms. The van der Waals surface area contributed by atoms with Crippen LogP contribution in [-0.4, -0.2) is 64.9 Å². The Morgan fingerprint density at radius 3 is 2.68 bits per heavy atom. The van der Waals surface area contributed by atoms with Crippen LogP contribution in [0.5, 0.6) is 5.75 Å². The second kappa shape index (κ2) is 6.17. The highest BCUT2D eigenvalue weighted by Crippen LogP contribution is 2.61. The fourth-order valence-corrected chi connectivity index (χ4v) is 6.99. The van der Waals surface area contributed by atoms with Gasteiger partial charge in [0.2, 0.25) is 5.91 Å². The number of hydrogen-bond donors (Lipinski definition) is 2. The fourth-order valence-electron chi connectivity index (χ4n) is 6.99. The molecule has 2 aliphatic heterocycles. The quantitative estimate of drug-likeness (QED) is 0.712. The van der Waals surface area contributed by atoms with Gasteiger partial charge in [-0.05, 0) is 74.8 Å². The van der Waals surface area contributed by atoms with Crippen molar-refractivity contribution in [2.45, 2.75) is 67.5 Å². The largest absolute Gasteiger partial charge is 0.497 e. The number of hydrogen-bond acceptors (Lipinski definition) is 6. The molecule has 1 amide bonds. The molecule has 5 aliphatic rings. The Labute approximate surface area is 181 Å². The van der Waals surface area contributed by atoms with Gasteiger partial charge in [-0.3, -0.25) is 19.3 Å². The van der Waals surface area contributed by atoms with Crippen molar-refractivity contribution in [3.63, 3.8) is 0 Å². The first-order valence-corrected chi connectivity index (χ1v) is 11.4. The van der Waals surface area contributed by atoms with Crippen molar-refractivity contribution < 1.29 is 24.2 Å². The van der Waals surface area contributed by atoms with Crippen molar-refractivity contribution in [2.24, 2.45) is 5.92 Å². The van der Waals surface area contributed by atoms with E-state index < -0.39 is 22.6 Å². The van der Waals surface area contributed by atoms with Crippen molar-refractivity contribution in [2.75, 3.05) is 20.2 Å². The predicted octanol–water partition coefficient (Wildman–Crippen LogP) is 1.36. The number of ether oxygens (including phenoxy) is 1. The molecule has 6 rings (SSSR count). The zero-order chi connectivity index (χ0) is 21.6. The van der Waals surface area contributed by atoms with Gasteiger partial charge in [0, 0.05) is 17.5 Å². The zero-order valence-electron chi connectivity index (χ0n) is 17.8. The first-order chi connectivity index (χ1) is 14.8. The highest BCUT2D eigenvalue weighted by atomic mass is 16.5. The summed E-state index contributed by atoms with van der Waals surface area (Å²) >= 11 is 0. The summed E-state index contributed by atoms with van der Waals surface area (Å²) in [5, 5.41) is 15.3. The summed E-state index contributed by atoms with van der Waals surface area (Å²) in [5.41, 5.74) is -1.61. The van der Waals surface area contributed by atoms with Crippen LogP contribution in [0.25, 0.3) is 0 Å². The number of carbonyl (C=O) groups excluding carboxylic acids is 3. The molecule has 2 bridgehead atoms. The maximum atomic E-state index is 13.7. The van der Waals surface area contributed by atoms with Gasteiger partial charge in [-0.25, -0.2) is 0 Å². The van der Waals surface area contributed by atoms with Crippen molar-refractivity contribution in [1.29, 1.82) is 0 Å². The topological polar surface area (TPSA) is 95.9 Å². The molecule has 7 heteroatoms. The maximum Gasteiger partial charge on any atom is 0.228 e. The van der Waals surface area contributed by atoms with Gasteiger partial charge >= 0.3 is 0 Å². The number of nitrogens with one attached hydrogen (secondary N) is 1. The Bertz CT molecular complexity index is 1020. The summed E-state index contributed by atoms with van der Waals surface area (Å²) in [4.78, 5) is 41.0. The summed E-state index contributed by atoms with van der Waals surface area (Å²) in [6.07, 6.45) is 3.92. The van der Waals surface area contributed by atoms with E-state index in [0.717, 1.165) is 12.1 Å². The number of amides is 1. The Kier molecular flexibility index (Phi) is 3.87. The minimum absolute atomic E-state index is 0.0335. The zero-order valence-corrected chi connectivity index (χ0v) is 17.8. The van der Waals surface area contributed by atoms with Gasteiger partial charge in [-0.1, -0.05) is 0 Å². The number of carbonyl (C=O) groups is 3. The Morgan fingerprint density at radius 1 is 1.19 bits per heavy atom. The second-order valence-corrected chi connectivity index (χ2v) is 10.3. The number of aliphatic hydroxyl groups is 1. The standard InChI is InChI=1S/C24H28N2O5/c1-31-15-4-5-16-17(10-15)22-8-9-26(12-14-2-3-14)21(20(16)29)24(22,30)7-6-23(13-22)18(27)11-19(28)25-23/h4-5,10,14,21,30H,2-3,6-9,11-13H2,1H3,(H,25,28)/t21-,22-,23+,24-/m1/s1. The number of benzene rings is 1. The lowest BCUT2D eigenvalue weighted by Gasteiger charge is -2.65. The van der Waals surface area contributed by atoms with Crippen molar-refractivity contribution >= 4 is 17.5 Å². The minimum atomic E-state index is -1.27. The monoisotopic (exact) mass is 424 g/mol. The molecule has 2 saturated heterocycles. The van der Waals surface area contributed by atoms with Gasteiger partial charge in [-0.2, -0.15) is 0 Å². The lowest BCUT2D eigenvalue weighted by Crippen LogP contribution is -2.77. The number of rotatable bonds is 3. The number of fused-ring (bicyclic) bond motifs is 1. The molecule has 2 N–H and O–H groups in total. The van der Waals surface area contributed by atoms with E-state index in [1.54, 1.807) is 13.2 Å². The van der Waals surface area contributed by atoms with Crippen LogP contribution in [-0.2, 0) is 15.0 Å². The van der Waals surface area contributed by atoms with E-state index in [0.29, 0.717) is 49.5 Å². The van der Waals surface area contributed by atoms with E-state index in [-0.39, 0.29) is 23.9 Å². The first kappa shape index (κ1) is 19.4. The Balaban J connectivity index is 1.54. The van der Waals surface area contributed by atoms with Crippen molar-refractivity contribution in [3.05, 3.63) is 29.3 Å². The lowest BCUT2D eigenvalue weighted by molar-refractivity contribution is -0.167. The fraction of sp³-hybridized carbons (Fsp3) is 0.625. The molecule has 164 valence electrons. The normalized spacial score (nSPS) is 39.3. The molecule has 4 atom stereocenters. The van der Waals surface area contributed by atoms with Crippen LogP contribution in [0.3, 0.4) is 0 Å². The third-order valence-corrected chi connectivity index (χ3v) is 8.69. The molecule has 7 nitrogen and oxygen atoms in total. The molecule has 3 aliphatic carbocycles. The summed E-state index contributed by atoms with van der Waals surface area (Å²) < 4.78 is 5.46. The molecule has 0 aromatic heterocycles. The summed E-state index contributed by atoms with van der Waals surface area (Å²) in [6.45, 7) is 1.53. The molecule has 0 radical (unpaired) electrons. The molecular formula is C24H28N2O5. The highest BCUT2D eigenvalue weighted by molar-refractivity contribution is 6.11. The van der Waals surface area contributed by atoms with E-state index >= 15 is 0 Å². The highest BCUT2D eigenvalue weighted by Gasteiger charge is 2.71. The number of Topliss-reactive ketones (excluding diaryl/α,β-unsaturated/α-hetero) is 2. The van der Waals surface area contributed by atoms with E-state index in [4.69, 9.17) is 4.74 Å². The number of piperidine rings is 1. The van der Waals surface area contributed by atoms with E-state index in [9.17, 15) is 19.5 Å². The minimum Gasteiger partial charge on any atom is -0.497 e. The number of likely N-dealkylation sites (tertiary alicyclic amines) is 1. The van der Waals surface area contributed by atoms with Gasteiger partial charge in [0.1, 0.15) is 17.3 Å². The van der Waals surface area contributed by atoms with E-state index in [1.165, 1.54) is 12.8 Å². The molecular weight excluding hydrogens is 396 g/mol. The third-order valence-electron chi connectivity index (χ3n) is 8.69. The second-order valence-electron chi connectivity index (χ2n) is 10.3. The van der Waals surface area contributed by atoms with E-state index in [2.05, 4.69) is 10.2 Å². The Morgan fingerprint density at radius 2 is 2.00 bits per heavy atom. The summed E-state index contributed by atoms with van der Waals surface area (Å²) in [7, 11) is 1.58. The maximum absolute atomic E-state index is 13.7. The van der Waals surface area contributed by atoms with Gasteiger partial charge in [0.05, 0.1) is 19.1 Å². The van der Waals surface area contributed by atoms with Crippen LogP contribution >= 0.6 is 0 Å². The number of nitrogens with zero attached hydrogens (tertiary/aromatic N) is 1. The molecule has 4 fully saturated rings. The number of methoxy groups -OCH3 is 1. The van der Waals surface area contributed by atoms with Crippen LogP contribution in [0.4, 0.5) is 0 Å². The first-order valence-electron chi connectivity index (χ1n) is 11.4. The van der Waals surface area contributed by atoms with Gasteiger partial charge < -0.3 is 15.2 Å². The number of ketones is 2. The van der Waals surface area contributed by atoms with Crippen molar-refractivity contribution in [1.82, 2.24) is 10.2 Å². The average molecular weight is 424 g/mol.